The molecule has 38 heavy (non-hydrogen) atoms. The first kappa shape index (κ1) is 27.3. The molecule has 0 aromatic heterocycles. The van der Waals surface area contributed by atoms with Gasteiger partial charge in [-0.15, -0.1) is 0 Å². The van der Waals surface area contributed by atoms with Crippen LogP contribution in [0.15, 0.2) is 36.4 Å². The van der Waals surface area contributed by atoms with E-state index in [-0.39, 0.29) is 23.9 Å². The predicted octanol–water partition coefficient (Wildman–Crippen LogP) is 3.67. The van der Waals surface area contributed by atoms with Crippen molar-refractivity contribution in [2.45, 2.75) is 58.2 Å². The Morgan fingerprint density at radius 1 is 0.895 bits per heavy atom. The van der Waals surface area contributed by atoms with E-state index in [0.717, 1.165) is 12.1 Å². The molecule has 2 aliphatic rings. The fourth-order valence-corrected chi connectivity index (χ4v) is 5.09. The molecule has 2 saturated heterocycles. The van der Waals surface area contributed by atoms with E-state index in [1.807, 2.05) is 13.8 Å². The maximum absolute atomic E-state index is 14.0. The number of benzene rings is 2. The fraction of sp³-hybridized carbons (Fsp3) is 0.464. The van der Waals surface area contributed by atoms with Crippen molar-refractivity contribution in [1.29, 1.82) is 0 Å². The van der Waals surface area contributed by atoms with E-state index in [0.29, 0.717) is 69.0 Å². The first-order valence-corrected chi connectivity index (χ1v) is 13.1. The van der Waals surface area contributed by atoms with Crippen molar-refractivity contribution >= 4 is 17.7 Å². The molecular formula is C28H33F2N3O5. The van der Waals surface area contributed by atoms with Crippen LogP contribution in [0.5, 0.6) is 11.5 Å². The Bertz CT molecular complexity index is 1170. The molecule has 0 bridgehead atoms. The van der Waals surface area contributed by atoms with Crippen molar-refractivity contribution < 1.29 is 32.6 Å². The number of carbonyl (C=O) groups excluding carboxylic acids is 3. The number of rotatable bonds is 9. The van der Waals surface area contributed by atoms with Crippen LogP contribution >= 0.6 is 0 Å². The molecule has 1 N–H and O–H groups in total. The Hall–Kier alpha value is -3.69. The van der Waals surface area contributed by atoms with Crippen LogP contribution in [0.4, 0.5) is 8.78 Å². The zero-order chi connectivity index (χ0) is 27.2. The van der Waals surface area contributed by atoms with E-state index >= 15 is 0 Å². The molecule has 0 radical (unpaired) electrons. The number of likely N-dealkylation sites (tertiary alicyclic amines) is 2. The number of amides is 3. The molecule has 0 unspecified atom stereocenters. The lowest BCUT2D eigenvalue weighted by molar-refractivity contribution is -0.141. The molecule has 204 valence electrons. The highest BCUT2D eigenvalue weighted by molar-refractivity contribution is 5.99. The van der Waals surface area contributed by atoms with Gasteiger partial charge >= 0.3 is 0 Å². The van der Waals surface area contributed by atoms with Crippen LogP contribution in [0.1, 0.15) is 55.5 Å². The van der Waals surface area contributed by atoms with Gasteiger partial charge in [0.25, 0.3) is 5.91 Å². The summed E-state index contributed by atoms with van der Waals surface area (Å²) in [5, 5.41) is 2.67. The van der Waals surface area contributed by atoms with Gasteiger partial charge in [0.1, 0.15) is 35.2 Å². The molecule has 0 saturated carbocycles. The van der Waals surface area contributed by atoms with E-state index in [9.17, 15) is 23.2 Å². The average molecular weight is 530 g/mol. The Balaban J connectivity index is 1.46. The topological polar surface area (TPSA) is 88.2 Å². The third-order valence-corrected chi connectivity index (χ3v) is 6.85. The summed E-state index contributed by atoms with van der Waals surface area (Å²) in [6, 6.07) is 6.79. The van der Waals surface area contributed by atoms with Crippen molar-refractivity contribution in [3.8, 4) is 11.5 Å². The van der Waals surface area contributed by atoms with Crippen molar-refractivity contribution in [2.75, 3.05) is 26.3 Å². The summed E-state index contributed by atoms with van der Waals surface area (Å²) in [5.41, 5.74) is 0.528. The Morgan fingerprint density at radius 2 is 1.53 bits per heavy atom. The second-order valence-electron chi connectivity index (χ2n) is 9.36. The highest BCUT2D eigenvalue weighted by Gasteiger charge is 2.42. The highest BCUT2D eigenvalue weighted by atomic mass is 19.1. The van der Waals surface area contributed by atoms with Crippen LogP contribution in [-0.4, -0.2) is 65.9 Å². The van der Waals surface area contributed by atoms with E-state index in [2.05, 4.69) is 5.32 Å². The monoisotopic (exact) mass is 529 g/mol. The van der Waals surface area contributed by atoms with Crippen molar-refractivity contribution in [2.24, 2.45) is 0 Å². The number of nitrogens with zero attached hydrogens (tertiary/aromatic N) is 2. The van der Waals surface area contributed by atoms with Gasteiger partial charge in [0.05, 0.1) is 13.2 Å². The number of halogens is 2. The van der Waals surface area contributed by atoms with Gasteiger partial charge in [-0.2, -0.15) is 0 Å². The van der Waals surface area contributed by atoms with E-state index in [4.69, 9.17) is 9.47 Å². The molecule has 10 heteroatoms. The number of carbonyl (C=O) groups is 3. The van der Waals surface area contributed by atoms with Gasteiger partial charge in [0.2, 0.25) is 11.8 Å². The minimum Gasteiger partial charge on any atom is -0.494 e. The standard InChI is InChI=1S/C28H33F2N3O5/c1-3-37-21-13-19(14-22(16-21)38-4-2)27(35)33-12-6-8-25(33)28(36)32-11-5-7-24(32)26(34)31-17-18-9-10-20(29)15-23(18)30/h9-10,13-16,24-25H,3-8,11-12,17H2,1-2H3,(H,31,34)/t24-,25-/m0/s1. The van der Waals surface area contributed by atoms with Gasteiger partial charge < -0.3 is 24.6 Å². The quantitative estimate of drug-likeness (QED) is 0.536. The van der Waals surface area contributed by atoms with Gasteiger partial charge in [0.15, 0.2) is 0 Å². The zero-order valence-electron chi connectivity index (χ0n) is 21.7. The Labute approximate surface area is 220 Å². The Morgan fingerprint density at radius 3 is 2.16 bits per heavy atom. The van der Waals surface area contributed by atoms with Gasteiger partial charge in [-0.3, -0.25) is 14.4 Å². The summed E-state index contributed by atoms with van der Waals surface area (Å²) in [6.45, 7) is 5.27. The molecule has 2 aliphatic heterocycles. The van der Waals surface area contributed by atoms with Crippen molar-refractivity contribution in [1.82, 2.24) is 15.1 Å². The van der Waals surface area contributed by atoms with E-state index in [1.54, 1.807) is 23.1 Å². The maximum atomic E-state index is 14.0. The summed E-state index contributed by atoms with van der Waals surface area (Å²) in [5.74, 6) is -1.38. The molecule has 8 nitrogen and oxygen atoms in total. The van der Waals surface area contributed by atoms with Crippen LogP contribution < -0.4 is 14.8 Å². The van der Waals surface area contributed by atoms with E-state index < -0.39 is 29.6 Å². The molecule has 0 spiro atoms. The average Bonchev–Trinajstić information content (AvgIpc) is 3.58. The number of nitrogens with one attached hydrogen (secondary N) is 1. The van der Waals surface area contributed by atoms with Crippen LogP contribution in [0.2, 0.25) is 0 Å². The minimum absolute atomic E-state index is 0.115. The second kappa shape index (κ2) is 12.2. The lowest BCUT2D eigenvalue weighted by Gasteiger charge is -2.31. The molecule has 3 amide bonds. The lowest BCUT2D eigenvalue weighted by atomic mass is 10.1. The minimum atomic E-state index is -0.745. The van der Waals surface area contributed by atoms with Crippen LogP contribution in [0.25, 0.3) is 0 Å². The van der Waals surface area contributed by atoms with E-state index in [1.165, 1.54) is 11.0 Å². The lowest BCUT2D eigenvalue weighted by Crippen LogP contribution is -2.52. The third-order valence-electron chi connectivity index (χ3n) is 6.85. The molecule has 4 rings (SSSR count). The fourth-order valence-electron chi connectivity index (χ4n) is 5.09. The SMILES string of the molecule is CCOc1cc(OCC)cc(C(=O)N2CCC[C@H]2C(=O)N2CCC[C@H]2C(=O)NCc2ccc(F)cc2F)c1. The third kappa shape index (κ3) is 6.06. The van der Waals surface area contributed by atoms with Gasteiger partial charge in [-0.05, 0) is 57.7 Å². The van der Waals surface area contributed by atoms with Crippen molar-refractivity contribution in [3.63, 3.8) is 0 Å². The molecular weight excluding hydrogens is 496 g/mol. The normalized spacial score (nSPS) is 18.9. The molecule has 2 aromatic rings. The first-order chi connectivity index (χ1) is 18.3. The highest BCUT2D eigenvalue weighted by Crippen LogP contribution is 2.29. The maximum Gasteiger partial charge on any atom is 0.254 e. The molecule has 2 fully saturated rings. The summed E-state index contributed by atoms with van der Waals surface area (Å²) in [7, 11) is 0. The second-order valence-corrected chi connectivity index (χ2v) is 9.36. The number of ether oxygens (including phenoxy) is 2. The van der Waals surface area contributed by atoms with Crippen LogP contribution in [0, 0.1) is 11.6 Å². The summed E-state index contributed by atoms with van der Waals surface area (Å²) < 4.78 is 38.3. The van der Waals surface area contributed by atoms with Gasteiger partial charge in [-0.25, -0.2) is 8.78 Å². The summed E-state index contributed by atoms with van der Waals surface area (Å²) in [6.07, 6.45) is 2.28. The summed E-state index contributed by atoms with van der Waals surface area (Å²) in [4.78, 5) is 43.2. The predicted molar refractivity (Wildman–Crippen MR) is 136 cm³/mol. The van der Waals surface area contributed by atoms with Crippen LogP contribution in [-0.2, 0) is 16.1 Å². The first-order valence-electron chi connectivity index (χ1n) is 13.1. The zero-order valence-corrected chi connectivity index (χ0v) is 21.7. The number of hydrogen-bond acceptors (Lipinski definition) is 5. The Kier molecular flexibility index (Phi) is 8.81. The molecule has 2 atom stereocenters. The smallest absolute Gasteiger partial charge is 0.254 e. The summed E-state index contributed by atoms with van der Waals surface area (Å²) >= 11 is 0. The molecule has 2 aromatic carbocycles. The molecule has 2 heterocycles. The van der Waals surface area contributed by atoms with Crippen molar-refractivity contribution in [3.05, 3.63) is 59.2 Å². The van der Waals surface area contributed by atoms with Gasteiger partial charge in [-0.1, -0.05) is 6.07 Å². The van der Waals surface area contributed by atoms with Gasteiger partial charge in [0, 0.05) is 42.9 Å². The largest absolute Gasteiger partial charge is 0.494 e. The van der Waals surface area contributed by atoms with Crippen LogP contribution in [0.3, 0.4) is 0 Å². The molecule has 0 aliphatic carbocycles. The number of hydrogen-bond donors (Lipinski definition) is 1.